The van der Waals surface area contributed by atoms with Gasteiger partial charge >= 0.3 is 0 Å². The van der Waals surface area contributed by atoms with Crippen LogP contribution in [-0.4, -0.2) is 47.5 Å². The molecule has 94 valence electrons. The molecule has 17 heavy (non-hydrogen) atoms. The van der Waals surface area contributed by atoms with E-state index in [2.05, 4.69) is 21.8 Å². The fourth-order valence-electron chi connectivity index (χ4n) is 3.18. The molecule has 0 spiro atoms. The van der Waals surface area contributed by atoms with Crippen molar-refractivity contribution in [2.24, 2.45) is 5.92 Å². The first-order valence-corrected chi connectivity index (χ1v) is 7.17. The maximum Gasteiger partial charge on any atom is 0.180 e. The van der Waals surface area contributed by atoms with Crippen LogP contribution in [0.4, 0.5) is 5.13 Å². The third-order valence-corrected chi connectivity index (χ3v) is 4.92. The first-order chi connectivity index (χ1) is 8.22. The largest absolute Gasteiger partial charge is 0.375 e. The molecular formula is C12H20N4S. The molecule has 2 aliphatic rings. The van der Waals surface area contributed by atoms with Crippen LogP contribution in [0.2, 0.25) is 0 Å². The molecular weight excluding hydrogens is 232 g/mol. The molecule has 2 atom stereocenters. The number of hydrogen-bond donors (Lipinski definition) is 1. The fourth-order valence-corrected chi connectivity index (χ4v) is 3.89. The first-order valence-electron chi connectivity index (χ1n) is 6.35. The van der Waals surface area contributed by atoms with E-state index in [-0.39, 0.29) is 0 Å². The Morgan fingerprint density at radius 1 is 1.47 bits per heavy atom. The van der Waals surface area contributed by atoms with Crippen LogP contribution < -0.4 is 5.73 Å². The van der Waals surface area contributed by atoms with Crippen LogP contribution >= 0.6 is 11.3 Å². The van der Waals surface area contributed by atoms with Crippen molar-refractivity contribution < 1.29 is 0 Å². The number of fused-ring (bicyclic) bond motifs is 1. The van der Waals surface area contributed by atoms with Crippen molar-refractivity contribution >= 4 is 16.5 Å². The van der Waals surface area contributed by atoms with Crippen LogP contribution in [0.25, 0.3) is 0 Å². The number of nitrogen functional groups attached to an aromatic ring is 1. The van der Waals surface area contributed by atoms with Crippen LogP contribution in [0.3, 0.4) is 0 Å². The number of likely N-dealkylation sites (N-methyl/N-ethyl adjacent to an activating group) is 1. The van der Waals surface area contributed by atoms with E-state index in [1.165, 1.54) is 37.4 Å². The molecule has 3 rings (SSSR count). The highest BCUT2D eigenvalue weighted by Crippen LogP contribution is 2.32. The Morgan fingerprint density at radius 3 is 3.06 bits per heavy atom. The third kappa shape index (κ3) is 2.32. The molecule has 2 N–H and O–H groups in total. The van der Waals surface area contributed by atoms with Gasteiger partial charge in [-0.3, -0.25) is 4.90 Å². The topological polar surface area (TPSA) is 45.4 Å². The van der Waals surface area contributed by atoms with E-state index in [1.807, 2.05) is 6.20 Å². The molecule has 2 aliphatic heterocycles. The summed E-state index contributed by atoms with van der Waals surface area (Å²) in [5.74, 6) is 0.913. The predicted molar refractivity (Wildman–Crippen MR) is 70.9 cm³/mol. The Balaban J connectivity index is 1.67. The number of thiazole rings is 1. The van der Waals surface area contributed by atoms with Crippen molar-refractivity contribution in [1.82, 2.24) is 14.8 Å². The van der Waals surface area contributed by atoms with E-state index in [0.29, 0.717) is 5.13 Å². The molecule has 0 bridgehead atoms. The van der Waals surface area contributed by atoms with Gasteiger partial charge in [0.2, 0.25) is 0 Å². The van der Waals surface area contributed by atoms with Crippen LogP contribution in [0.5, 0.6) is 0 Å². The Kier molecular flexibility index (Phi) is 3.06. The van der Waals surface area contributed by atoms with Gasteiger partial charge < -0.3 is 10.6 Å². The lowest BCUT2D eigenvalue weighted by molar-refractivity contribution is 0.119. The van der Waals surface area contributed by atoms with Crippen molar-refractivity contribution in [1.29, 1.82) is 0 Å². The molecule has 0 aliphatic carbocycles. The summed E-state index contributed by atoms with van der Waals surface area (Å²) in [5.41, 5.74) is 5.69. The summed E-state index contributed by atoms with van der Waals surface area (Å²) in [7, 11) is 2.23. The number of piperidine rings is 1. The molecule has 2 unspecified atom stereocenters. The molecule has 2 saturated heterocycles. The lowest BCUT2D eigenvalue weighted by Crippen LogP contribution is -2.46. The van der Waals surface area contributed by atoms with Gasteiger partial charge in [-0.15, -0.1) is 11.3 Å². The summed E-state index contributed by atoms with van der Waals surface area (Å²) in [6, 6.07) is 0.747. The van der Waals surface area contributed by atoms with Crippen LogP contribution in [0.15, 0.2) is 6.20 Å². The number of nitrogens with two attached hydrogens (primary N) is 1. The number of anilines is 1. The van der Waals surface area contributed by atoms with Gasteiger partial charge in [0, 0.05) is 30.2 Å². The predicted octanol–water partition coefficient (Wildman–Crippen LogP) is 1.25. The molecule has 0 amide bonds. The minimum Gasteiger partial charge on any atom is -0.375 e. The van der Waals surface area contributed by atoms with Crippen LogP contribution in [0, 0.1) is 5.92 Å². The summed E-state index contributed by atoms with van der Waals surface area (Å²) in [4.78, 5) is 10.5. The summed E-state index contributed by atoms with van der Waals surface area (Å²) >= 11 is 1.63. The number of likely N-dealkylation sites (tertiary alicyclic amines) is 2. The van der Waals surface area contributed by atoms with Crippen LogP contribution in [0.1, 0.15) is 17.7 Å². The highest BCUT2D eigenvalue weighted by atomic mass is 32.1. The van der Waals surface area contributed by atoms with Gasteiger partial charge in [0.25, 0.3) is 0 Å². The molecule has 0 saturated carbocycles. The van der Waals surface area contributed by atoms with E-state index in [4.69, 9.17) is 5.73 Å². The van der Waals surface area contributed by atoms with Crippen molar-refractivity contribution in [3.05, 3.63) is 11.1 Å². The maximum atomic E-state index is 5.69. The lowest BCUT2D eigenvalue weighted by Gasteiger charge is -2.36. The van der Waals surface area contributed by atoms with Gasteiger partial charge in [0.1, 0.15) is 0 Å². The second kappa shape index (κ2) is 4.55. The van der Waals surface area contributed by atoms with Crippen molar-refractivity contribution in [3.8, 4) is 0 Å². The van der Waals surface area contributed by atoms with Gasteiger partial charge in [0.15, 0.2) is 5.13 Å². The fraction of sp³-hybridized carbons (Fsp3) is 0.750. The SMILES string of the molecule is CN1CCC2CCN(Cc3cnc(N)s3)C2C1. The van der Waals surface area contributed by atoms with Crippen molar-refractivity contribution in [2.75, 3.05) is 32.4 Å². The second-order valence-electron chi connectivity index (χ2n) is 5.30. The molecule has 1 aromatic rings. The smallest absolute Gasteiger partial charge is 0.180 e. The minimum atomic E-state index is 0.691. The molecule has 5 heteroatoms. The van der Waals surface area contributed by atoms with Gasteiger partial charge in [-0.05, 0) is 38.9 Å². The number of aromatic nitrogens is 1. The normalized spacial score (nSPS) is 30.6. The van der Waals surface area contributed by atoms with Crippen molar-refractivity contribution in [3.63, 3.8) is 0 Å². The highest BCUT2D eigenvalue weighted by molar-refractivity contribution is 7.15. The van der Waals surface area contributed by atoms with Gasteiger partial charge in [-0.2, -0.15) is 0 Å². The molecule has 0 radical (unpaired) electrons. The number of hydrogen-bond acceptors (Lipinski definition) is 5. The Hall–Kier alpha value is -0.650. The summed E-state index contributed by atoms with van der Waals surface area (Å²) in [5, 5.41) is 0.691. The molecule has 0 aromatic carbocycles. The van der Waals surface area contributed by atoms with E-state index in [0.717, 1.165) is 18.5 Å². The van der Waals surface area contributed by atoms with E-state index in [1.54, 1.807) is 11.3 Å². The van der Waals surface area contributed by atoms with Gasteiger partial charge in [-0.25, -0.2) is 4.98 Å². The zero-order chi connectivity index (χ0) is 11.8. The summed E-state index contributed by atoms with van der Waals surface area (Å²) in [6.07, 6.45) is 4.66. The average molecular weight is 252 g/mol. The maximum absolute atomic E-state index is 5.69. The Morgan fingerprint density at radius 2 is 2.29 bits per heavy atom. The summed E-state index contributed by atoms with van der Waals surface area (Å²) < 4.78 is 0. The minimum absolute atomic E-state index is 0.691. The monoisotopic (exact) mass is 252 g/mol. The highest BCUT2D eigenvalue weighted by Gasteiger charge is 2.37. The van der Waals surface area contributed by atoms with E-state index in [9.17, 15) is 0 Å². The average Bonchev–Trinajstić information content (AvgIpc) is 2.87. The van der Waals surface area contributed by atoms with Crippen molar-refractivity contribution in [2.45, 2.75) is 25.4 Å². The zero-order valence-electron chi connectivity index (χ0n) is 10.3. The van der Waals surface area contributed by atoms with Gasteiger partial charge in [0.05, 0.1) is 0 Å². The van der Waals surface area contributed by atoms with Crippen LogP contribution in [-0.2, 0) is 6.54 Å². The lowest BCUT2D eigenvalue weighted by atomic mass is 9.92. The zero-order valence-corrected chi connectivity index (χ0v) is 11.1. The molecule has 3 heterocycles. The molecule has 2 fully saturated rings. The second-order valence-corrected chi connectivity index (χ2v) is 6.45. The van der Waals surface area contributed by atoms with Gasteiger partial charge in [-0.1, -0.05) is 0 Å². The summed E-state index contributed by atoms with van der Waals surface area (Å²) in [6.45, 7) is 4.76. The quantitative estimate of drug-likeness (QED) is 0.860. The Labute approximate surface area is 106 Å². The number of rotatable bonds is 2. The Bertz CT molecular complexity index is 392. The van der Waals surface area contributed by atoms with E-state index >= 15 is 0 Å². The standard InChI is InChI=1S/C12H20N4S/c1-15-4-2-9-3-5-16(11(9)8-15)7-10-6-14-12(13)17-10/h6,9,11H,2-5,7-8H2,1H3,(H2,13,14). The molecule has 1 aromatic heterocycles. The third-order valence-electron chi connectivity index (χ3n) is 4.11. The van der Waals surface area contributed by atoms with E-state index < -0.39 is 0 Å². The number of nitrogens with zero attached hydrogens (tertiary/aromatic N) is 3. The first kappa shape index (κ1) is 11.4. The molecule has 4 nitrogen and oxygen atoms in total.